The number of anilines is 3. The molecule has 2 aliphatic carbocycles. The van der Waals surface area contributed by atoms with Gasteiger partial charge in [0.2, 0.25) is 0 Å². The van der Waals surface area contributed by atoms with Crippen molar-refractivity contribution >= 4 is 49.8 Å². The van der Waals surface area contributed by atoms with Gasteiger partial charge in [-0.25, -0.2) is 0 Å². The fourth-order valence-electron chi connectivity index (χ4n) is 7.96. The highest BCUT2D eigenvalue weighted by molar-refractivity contribution is 6.16. The van der Waals surface area contributed by atoms with E-state index in [1.54, 1.807) is 0 Å². The predicted octanol–water partition coefficient (Wildman–Crippen LogP) is 10.9. The molecule has 0 fully saturated rings. The molecule has 1 aromatic heterocycles. The van der Waals surface area contributed by atoms with Gasteiger partial charge in [0.1, 0.15) is 11.2 Å². The van der Waals surface area contributed by atoms with Crippen molar-refractivity contribution in [2.75, 3.05) is 4.90 Å². The Morgan fingerprint density at radius 1 is 0.395 bits per heavy atom. The zero-order valence-electron chi connectivity index (χ0n) is 23.3. The van der Waals surface area contributed by atoms with Crippen molar-refractivity contribution < 1.29 is 4.42 Å². The molecule has 0 amide bonds. The summed E-state index contributed by atoms with van der Waals surface area (Å²) in [6, 6.07) is 55.2. The van der Waals surface area contributed by atoms with Crippen LogP contribution in [0, 0.1) is 0 Å². The molecule has 2 nitrogen and oxygen atoms in total. The van der Waals surface area contributed by atoms with Gasteiger partial charge in [-0.1, -0.05) is 103 Å². The van der Waals surface area contributed by atoms with E-state index in [0.717, 1.165) is 28.2 Å². The number of hydrogen-bond donors (Lipinski definition) is 0. The third kappa shape index (κ3) is 2.88. The average molecular weight is 548 g/mol. The Labute approximate surface area is 249 Å². The SMILES string of the molecule is c1ccc(N(c2ccc3c(c2)C2(c4ccccc4-3)c3cccc4oc5cccc2c5c34)c2ccc3ccccc3c2)cc1. The molecule has 0 atom stereocenters. The van der Waals surface area contributed by atoms with Crippen LogP contribution in [0.5, 0.6) is 0 Å². The first kappa shape index (κ1) is 23.0. The molecule has 2 aliphatic rings. The smallest absolute Gasteiger partial charge is 0.135 e. The van der Waals surface area contributed by atoms with Crippen LogP contribution < -0.4 is 4.90 Å². The Balaban J connectivity index is 1.28. The first-order chi connectivity index (χ1) is 21.3. The third-order valence-corrected chi connectivity index (χ3v) is 9.62. The topological polar surface area (TPSA) is 16.4 Å². The number of rotatable bonds is 3. The van der Waals surface area contributed by atoms with Crippen LogP contribution in [0.4, 0.5) is 17.1 Å². The van der Waals surface area contributed by atoms with E-state index in [4.69, 9.17) is 4.42 Å². The van der Waals surface area contributed by atoms with Crippen molar-refractivity contribution in [2.45, 2.75) is 5.41 Å². The molecule has 1 spiro atoms. The molecule has 0 saturated heterocycles. The minimum absolute atomic E-state index is 0.409. The number of para-hydroxylation sites is 1. The molecule has 1 heterocycles. The van der Waals surface area contributed by atoms with Crippen molar-refractivity contribution in [1.82, 2.24) is 0 Å². The molecule has 0 saturated carbocycles. The average Bonchev–Trinajstić information content (AvgIpc) is 3.70. The highest BCUT2D eigenvalue weighted by atomic mass is 16.3. The summed E-state index contributed by atoms with van der Waals surface area (Å²) in [6.45, 7) is 0. The second-order valence-electron chi connectivity index (χ2n) is 11.7. The van der Waals surface area contributed by atoms with Crippen molar-refractivity contribution in [3.05, 3.63) is 174 Å². The summed E-state index contributed by atoms with van der Waals surface area (Å²) in [7, 11) is 0. The van der Waals surface area contributed by atoms with Gasteiger partial charge >= 0.3 is 0 Å². The van der Waals surface area contributed by atoms with E-state index in [1.165, 1.54) is 54.9 Å². The van der Waals surface area contributed by atoms with Gasteiger partial charge in [0, 0.05) is 27.8 Å². The predicted molar refractivity (Wildman–Crippen MR) is 177 cm³/mol. The maximum absolute atomic E-state index is 6.36. The van der Waals surface area contributed by atoms with Gasteiger partial charge in [0.15, 0.2) is 0 Å². The monoisotopic (exact) mass is 547 g/mol. The van der Waals surface area contributed by atoms with E-state index in [0.29, 0.717) is 0 Å². The zero-order valence-corrected chi connectivity index (χ0v) is 23.3. The summed E-state index contributed by atoms with van der Waals surface area (Å²) in [5, 5.41) is 4.96. The van der Waals surface area contributed by atoms with E-state index in [9.17, 15) is 0 Å². The standard InChI is InChI=1S/C41H25NO/c1-2-12-28(13-3-1)42(29-21-20-26-10-4-5-11-27(26)24-29)30-22-23-32-31-14-6-7-15-33(31)41(36(32)25-30)34-16-8-18-37-39(34)40-35(41)17-9-19-38(40)43-37/h1-25H. The Hall–Kier alpha value is -5.60. The molecule has 7 aromatic carbocycles. The molecule has 0 aliphatic heterocycles. The summed E-state index contributed by atoms with van der Waals surface area (Å²) < 4.78 is 6.36. The van der Waals surface area contributed by atoms with Crippen molar-refractivity contribution in [3.63, 3.8) is 0 Å². The molecule has 0 N–H and O–H groups in total. The van der Waals surface area contributed by atoms with Crippen LogP contribution in [0.25, 0.3) is 43.8 Å². The number of nitrogens with zero attached hydrogens (tertiary/aromatic N) is 1. The lowest BCUT2D eigenvalue weighted by atomic mass is 9.70. The van der Waals surface area contributed by atoms with Gasteiger partial charge in [0.05, 0.1) is 5.41 Å². The molecule has 8 aromatic rings. The Morgan fingerprint density at radius 2 is 1.00 bits per heavy atom. The second-order valence-corrected chi connectivity index (χ2v) is 11.7. The van der Waals surface area contributed by atoms with Gasteiger partial charge in [0.25, 0.3) is 0 Å². The number of benzene rings is 7. The highest BCUT2D eigenvalue weighted by Gasteiger charge is 2.51. The first-order valence-electron chi connectivity index (χ1n) is 14.9. The third-order valence-electron chi connectivity index (χ3n) is 9.62. The molecule has 2 heteroatoms. The molecule has 43 heavy (non-hydrogen) atoms. The quantitative estimate of drug-likeness (QED) is 0.219. The normalized spacial score (nSPS) is 13.8. The lowest BCUT2D eigenvalue weighted by molar-refractivity contribution is 0.664. The van der Waals surface area contributed by atoms with Gasteiger partial charge < -0.3 is 9.32 Å². The minimum Gasteiger partial charge on any atom is -0.456 e. The lowest BCUT2D eigenvalue weighted by Crippen LogP contribution is -2.26. The van der Waals surface area contributed by atoms with Crippen LogP contribution in [0.15, 0.2) is 156 Å². The largest absolute Gasteiger partial charge is 0.456 e. The molecule has 0 bridgehead atoms. The minimum atomic E-state index is -0.409. The summed E-state index contributed by atoms with van der Waals surface area (Å²) in [6.07, 6.45) is 0. The van der Waals surface area contributed by atoms with Crippen LogP contribution in [0.3, 0.4) is 0 Å². The molecular weight excluding hydrogens is 522 g/mol. The van der Waals surface area contributed by atoms with Crippen LogP contribution in [0.2, 0.25) is 0 Å². The first-order valence-corrected chi connectivity index (χ1v) is 14.9. The fourth-order valence-corrected chi connectivity index (χ4v) is 7.96. The van der Waals surface area contributed by atoms with E-state index in [1.807, 2.05) is 0 Å². The molecule has 0 radical (unpaired) electrons. The summed E-state index contributed by atoms with van der Waals surface area (Å²) in [5.41, 5.74) is 12.8. The van der Waals surface area contributed by atoms with E-state index < -0.39 is 5.41 Å². The Bertz CT molecular complexity index is 2360. The second kappa shape index (κ2) is 8.24. The molecule has 0 unspecified atom stereocenters. The maximum Gasteiger partial charge on any atom is 0.135 e. The fraction of sp³-hybridized carbons (Fsp3) is 0.0244. The molecule has 10 rings (SSSR count). The van der Waals surface area contributed by atoms with Crippen molar-refractivity contribution in [2.24, 2.45) is 0 Å². The highest BCUT2D eigenvalue weighted by Crippen LogP contribution is 2.63. The molecule has 200 valence electrons. The van der Waals surface area contributed by atoms with E-state index in [2.05, 4.69) is 157 Å². The van der Waals surface area contributed by atoms with Crippen LogP contribution in [0.1, 0.15) is 22.3 Å². The Morgan fingerprint density at radius 3 is 1.79 bits per heavy atom. The lowest BCUT2D eigenvalue weighted by Gasteiger charge is -2.32. The van der Waals surface area contributed by atoms with Crippen molar-refractivity contribution in [3.8, 4) is 11.1 Å². The van der Waals surface area contributed by atoms with Gasteiger partial charge in [-0.3, -0.25) is 0 Å². The van der Waals surface area contributed by atoms with Crippen LogP contribution in [-0.4, -0.2) is 0 Å². The van der Waals surface area contributed by atoms with Crippen LogP contribution >= 0.6 is 0 Å². The molecular formula is C41H25NO. The maximum atomic E-state index is 6.36. The number of hydrogen-bond acceptors (Lipinski definition) is 2. The van der Waals surface area contributed by atoms with E-state index >= 15 is 0 Å². The zero-order chi connectivity index (χ0) is 28.1. The number of fused-ring (bicyclic) bond motifs is 8. The van der Waals surface area contributed by atoms with Crippen LogP contribution in [-0.2, 0) is 5.41 Å². The van der Waals surface area contributed by atoms with Gasteiger partial charge in [-0.2, -0.15) is 0 Å². The van der Waals surface area contributed by atoms with E-state index in [-0.39, 0.29) is 0 Å². The van der Waals surface area contributed by atoms with Crippen molar-refractivity contribution in [1.29, 1.82) is 0 Å². The summed E-state index contributed by atoms with van der Waals surface area (Å²) in [4.78, 5) is 2.39. The summed E-state index contributed by atoms with van der Waals surface area (Å²) >= 11 is 0. The number of furan rings is 1. The van der Waals surface area contributed by atoms with Gasteiger partial charge in [-0.05, 0) is 92.7 Å². The summed E-state index contributed by atoms with van der Waals surface area (Å²) in [5.74, 6) is 0. The van der Waals surface area contributed by atoms with Gasteiger partial charge in [-0.15, -0.1) is 0 Å². The Kier molecular flexibility index (Phi) is 4.41.